The number of benzene rings is 2. The summed E-state index contributed by atoms with van der Waals surface area (Å²) in [5.41, 5.74) is 9.06. The number of ether oxygens (including phenoxy) is 1. The number of hydrogen-bond donors (Lipinski definition) is 2. The summed E-state index contributed by atoms with van der Waals surface area (Å²) in [5, 5.41) is 3.01. The Balaban J connectivity index is 0.00000243. The highest BCUT2D eigenvalue weighted by Gasteiger charge is 2.27. The van der Waals surface area contributed by atoms with E-state index in [1.54, 1.807) is 0 Å². The van der Waals surface area contributed by atoms with Crippen molar-refractivity contribution in [2.45, 2.75) is 38.3 Å². The van der Waals surface area contributed by atoms with Gasteiger partial charge in [0.15, 0.2) is 0 Å². The first-order valence-corrected chi connectivity index (χ1v) is 8.98. The van der Waals surface area contributed by atoms with Gasteiger partial charge in [-0.05, 0) is 48.9 Å². The van der Waals surface area contributed by atoms with E-state index in [-0.39, 0.29) is 30.3 Å². The normalized spacial score (nSPS) is 19.0. The van der Waals surface area contributed by atoms with Crippen LogP contribution in [-0.4, -0.2) is 18.6 Å². The predicted molar refractivity (Wildman–Crippen MR) is 107 cm³/mol. The van der Waals surface area contributed by atoms with Crippen molar-refractivity contribution in [3.8, 4) is 0 Å². The first-order valence-electron chi connectivity index (χ1n) is 8.98. The van der Waals surface area contributed by atoms with Crippen LogP contribution in [0.15, 0.2) is 54.6 Å². The van der Waals surface area contributed by atoms with E-state index in [2.05, 4.69) is 17.4 Å². The van der Waals surface area contributed by atoms with Crippen LogP contribution < -0.4 is 11.1 Å². The van der Waals surface area contributed by atoms with Crippen LogP contribution in [0.3, 0.4) is 0 Å². The molecule has 1 fully saturated rings. The van der Waals surface area contributed by atoms with E-state index in [1.807, 2.05) is 42.5 Å². The summed E-state index contributed by atoms with van der Waals surface area (Å²) in [4.78, 5) is 12.3. The molecule has 2 atom stereocenters. The van der Waals surface area contributed by atoms with Gasteiger partial charge in [0, 0.05) is 17.6 Å². The minimum absolute atomic E-state index is 0. The smallest absolute Gasteiger partial charge is 0.227 e. The zero-order valence-electron chi connectivity index (χ0n) is 14.9. The number of nitrogens with two attached hydrogens (primary N) is 1. The van der Waals surface area contributed by atoms with Crippen molar-refractivity contribution >= 4 is 24.0 Å². The predicted octanol–water partition coefficient (Wildman–Crippen LogP) is 3.93. The Morgan fingerprint density at radius 3 is 2.58 bits per heavy atom. The molecule has 1 amide bonds. The molecule has 2 aromatic rings. The van der Waals surface area contributed by atoms with Crippen molar-refractivity contribution in [1.82, 2.24) is 0 Å². The minimum Gasteiger partial charge on any atom is -0.376 e. The SMILES string of the molecule is Cl.NC1CCC(C(=O)Nc2cccc(COCCc3ccccc3)c2)C1. The number of amides is 1. The van der Waals surface area contributed by atoms with Crippen LogP contribution in [0.1, 0.15) is 30.4 Å². The summed E-state index contributed by atoms with van der Waals surface area (Å²) in [5.74, 6) is 0.121. The highest BCUT2D eigenvalue weighted by molar-refractivity contribution is 5.92. The lowest BCUT2D eigenvalue weighted by Gasteiger charge is -2.12. The lowest BCUT2D eigenvalue weighted by molar-refractivity contribution is -0.119. The van der Waals surface area contributed by atoms with Crippen molar-refractivity contribution in [2.24, 2.45) is 11.7 Å². The molecule has 0 heterocycles. The van der Waals surface area contributed by atoms with Gasteiger partial charge in [0.05, 0.1) is 13.2 Å². The monoisotopic (exact) mass is 374 g/mol. The first-order chi connectivity index (χ1) is 12.2. The maximum Gasteiger partial charge on any atom is 0.227 e. The van der Waals surface area contributed by atoms with Crippen molar-refractivity contribution in [1.29, 1.82) is 0 Å². The fraction of sp³-hybridized carbons (Fsp3) is 0.381. The maximum absolute atomic E-state index is 12.3. The third-order valence-corrected chi connectivity index (χ3v) is 4.69. The first kappa shape index (κ1) is 20.4. The van der Waals surface area contributed by atoms with Crippen LogP contribution in [0.5, 0.6) is 0 Å². The molecule has 140 valence electrons. The lowest BCUT2D eigenvalue weighted by Crippen LogP contribution is -2.23. The van der Waals surface area contributed by atoms with Crippen LogP contribution in [0.2, 0.25) is 0 Å². The van der Waals surface area contributed by atoms with Crippen LogP contribution in [-0.2, 0) is 22.6 Å². The molecular formula is C21H27ClN2O2. The standard InChI is InChI=1S/C21H26N2O2.ClH/c22-19-10-9-18(14-19)21(24)23-20-8-4-7-17(13-20)15-25-12-11-16-5-2-1-3-6-16;/h1-8,13,18-19H,9-12,14-15,22H2,(H,23,24);1H. The molecule has 4 nitrogen and oxygen atoms in total. The third kappa shape index (κ3) is 6.13. The Labute approximate surface area is 161 Å². The van der Waals surface area contributed by atoms with E-state index in [4.69, 9.17) is 10.5 Å². The number of carbonyl (C=O) groups is 1. The summed E-state index contributed by atoms with van der Waals surface area (Å²) in [6.07, 6.45) is 3.51. The topological polar surface area (TPSA) is 64.4 Å². The van der Waals surface area contributed by atoms with Gasteiger partial charge in [0.2, 0.25) is 5.91 Å². The molecule has 3 N–H and O–H groups in total. The Bertz CT molecular complexity index is 693. The molecule has 26 heavy (non-hydrogen) atoms. The molecule has 2 unspecified atom stereocenters. The highest BCUT2D eigenvalue weighted by Crippen LogP contribution is 2.25. The van der Waals surface area contributed by atoms with Gasteiger partial charge in [-0.15, -0.1) is 12.4 Å². The molecule has 0 radical (unpaired) electrons. The van der Waals surface area contributed by atoms with Gasteiger partial charge in [-0.3, -0.25) is 4.79 Å². The van der Waals surface area contributed by atoms with Crippen molar-refractivity contribution in [2.75, 3.05) is 11.9 Å². The second kappa shape index (κ2) is 10.3. The van der Waals surface area contributed by atoms with E-state index >= 15 is 0 Å². The summed E-state index contributed by atoms with van der Waals surface area (Å²) >= 11 is 0. The molecule has 3 rings (SSSR count). The van der Waals surface area contributed by atoms with E-state index in [1.165, 1.54) is 5.56 Å². The van der Waals surface area contributed by atoms with Gasteiger partial charge in [-0.2, -0.15) is 0 Å². The second-order valence-corrected chi connectivity index (χ2v) is 6.75. The number of nitrogens with one attached hydrogen (secondary N) is 1. The van der Waals surface area contributed by atoms with E-state index in [9.17, 15) is 4.79 Å². The van der Waals surface area contributed by atoms with Gasteiger partial charge in [0.1, 0.15) is 0 Å². The van der Waals surface area contributed by atoms with Crippen molar-refractivity contribution < 1.29 is 9.53 Å². The number of rotatable bonds is 7. The third-order valence-electron chi connectivity index (χ3n) is 4.69. The summed E-state index contributed by atoms with van der Waals surface area (Å²) in [7, 11) is 0. The molecule has 0 spiro atoms. The summed E-state index contributed by atoms with van der Waals surface area (Å²) in [6.45, 7) is 1.23. The fourth-order valence-corrected chi connectivity index (χ4v) is 3.26. The van der Waals surface area contributed by atoms with Crippen molar-refractivity contribution in [3.05, 3.63) is 65.7 Å². The molecule has 1 saturated carbocycles. The van der Waals surface area contributed by atoms with Gasteiger partial charge >= 0.3 is 0 Å². The van der Waals surface area contributed by atoms with Gasteiger partial charge in [0.25, 0.3) is 0 Å². The molecule has 1 aliphatic carbocycles. The average Bonchev–Trinajstić information content (AvgIpc) is 3.07. The fourth-order valence-electron chi connectivity index (χ4n) is 3.26. The lowest BCUT2D eigenvalue weighted by atomic mass is 10.1. The number of hydrogen-bond acceptors (Lipinski definition) is 3. The van der Waals surface area contributed by atoms with Crippen LogP contribution >= 0.6 is 12.4 Å². The Hall–Kier alpha value is -1.88. The highest BCUT2D eigenvalue weighted by atomic mass is 35.5. The van der Waals surface area contributed by atoms with Gasteiger partial charge < -0.3 is 15.8 Å². The summed E-state index contributed by atoms with van der Waals surface area (Å²) < 4.78 is 5.77. The molecule has 1 aliphatic rings. The number of anilines is 1. The maximum atomic E-state index is 12.3. The van der Waals surface area contributed by atoms with Gasteiger partial charge in [-0.25, -0.2) is 0 Å². The number of halogens is 1. The van der Waals surface area contributed by atoms with Crippen molar-refractivity contribution in [3.63, 3.8) is 0 Å². The minimum atomic E-state index is 0. The number of carbonyl (C=O) groups excluding carboxylic acids is 1. The molecule has 0 aromatic heterocycles. The molecule has 5 heteroatoms. The van der Waals surface area contributed by atoms with Crippen LogP contribution in [0.4, 0.5) is 5.69 Å². The zero-order valence-corrected chi connectivity index (χ0v) is 15.7. The molecule has 0 aliphatic heterocycles. The van der Waals surface area contributed by atoms with Crippen LogP contribution in [0, 0.1) is 5.92 Å². The molecule has 0 saturated heterocycles. The Morgan fingerprint density at radius 2 is 1.85 bits per heavy atom. The van der Waals surface area contributed by atoms with E-state index < -0.39 is 0 Å². The average molecular weight is 375 g/mol. The molecular weight excluding hydrogens is 348 g/mol. The molecule has 2 aromatic carbocycles. The largest absolute Gasteiger partial charge is 0.376 e. The van der Waals surface area contributed by atoms with Crippen LogP contribution in [0.25, 0.3) is 0 Å². The second-order valence-electron chi connectivity index (χ2n) is 6.75. The summed E-state index contributed by atoms with van der Waals surface area (Å²) in [6, 6.07) is 18.3. The van der Waals surface area contributed by atoms with E-state index in [0.717, 1.165) is 36.9 Å². The quantitative estimate of drug-likeness (QED) is 0.721. The van der Waals surface area contributed by atoms with E-state index in [0.29, 0.717) is 13.2 Å². The molecule has 0 bridgehead atoms. The Kier molecular flexibility index (Phi) is 8.10. The Morgan fingerprint density at radius 1 is 1.08 bits per heavy atom. The zero-order chi connectivity index (χ0) is 17.5. The van der Waals surface area contributed by atoms with Gasteiger partial charge in [-0.1, -0.05) is 42.5 Å².